The number of rotatable bonds is 3. The van der Waals surface area contributed by atoms with Gasteiger partial charge in [0.25, 0.3) is 0 Å². The zero-order valence-corrected chi connectivity index (χ0v) is 6.62. The molecule has 1 aromatic rings. The molecule has 0 aliphatic carbocycles. The van der Waals surface area contributed by atoms with Crippen LogP contribution in [0.1, 0.15) is 11.3 Å². The monoisotopic (exact) mass is 159 g/mol. The van der Waals surface area contributed by atoms with Crippen molar-refractivity contribution in [3.05, 3.63) is 36.6 Å². The van der Waals surface area contributed by atoms with Gasteiger partial charge in [0.1, 0.15) is 11.8 Å². The number of hydrogen-bond acceptors (Lipinski definition) is 3. The maximum absolute atomic E-state index is 8.53. The van der Waals surface area contributed by atoms with Crippen LogP contribution in [0.5, 0.6) is 0 Å². The number of nitrogens with zero attached hydrogens (tertiary/aromatic N) is 2. The molecule has 0 aromatic carbocycles. The van der Waals surface area contributed by atoms with Crippen molar-refractivity contribution in [1.29, 1.82) is 5.26 Å². The van der Waals surface area contributed by atoms with Gasteiger partial charge < -0.3 is 5.32 Å². The van der Waals surface area contributed by atoms with E-state index in [9.17, 15) is 0 Å². The second kappa shape index (κ2) is 4.47. The first-order valence-electron chi connectivity index (χ1n) is 3.65. The largest absolute Gasteiger partial charge is 0.311 e. The summed E-state index contributed by atoms with van der Waals surface area (Å²) in [4.78, 5) is 3.85. The third kappa shape index (κ3) is 2.33. The van der Waals surface area contributed by atoms with Gasteiger partial charge in [0.05, 0.1) is 0 Å². The molecule has 1 aromatic heterocycles. The molecule has 0 saturated heterocycles. The number of pyridine rings is 1. The zero-order chi connectivity index (χ0) is 8.81. The first kappa shape index (κ1) is 8.69. The standard InChI is InChI=1S/C9H9N3/c1-11-4-2-8-3-5-12-9(6-8)7-10/h1,3,5-6,11H,2,4H2. The molecule has 3 nitrogen and oxygen atoms in total. The van der Waals surface area contributed by atoms with E-state index in [2.05, 4.69) is 10.3 Å². The van der Waals surface area contributed by atoms with E-state index < -0.39 is 0 Å². The minimum absolute atomic E-state index is 0.449. The van der Waals surface area contributed by atoms with Gasteiger partial charge in [-0.3, -0.25) is 0 Å². The average Bonchev–Trinajstić information content (AvgIpc) is 2.15. The first-order valence-corrected chi connectivity index (χ1v) is 3.65. The van der Waals surface area contributed by atoms with Crippen molar-refractivity contribution in [2.75, 3.05) is 6.54 Å². The van der Waals surface area contributed by atoms with Crippen molar-refractivity contribution in [1.82, 2.24) is 10.3 Å². The quantitative estimate of drug-likeness (QED) is 0.662. The Balaban J connectivity index is 2.68. The van der Waals surface area contributed by atoms with Gasteiger partial charge in [0.15, 0.2) is 0 Å². The highest BCUT2D eigenvalue weighted by Gasteiger charge is 1.94. The molecule has 0 atom stereocenters. The summed E-state index contributed by atoms with van der Waals surface area (Å²) in [5.41, 5.74) is 1.52. The smallest absolute Gasteiger partial charge is 0.140 e. The molecular formula is C9H9N3. The summed E-state index contributed by atoms with van der Waals surface area (Å²) in [6.07, 6.45) is 2.44. The van der Waals surface area contributed by atoms with Crippen LogP contribution in [-0.2, 0) is 6.42 Å². The van der Waals surface area contributed by atoms with E-state index in [0.29, 0.717) is 12.2 Å². The van der Waals surface area contributed by atoms with Gasteiger partial charge in [-0.2, -0.15) is 5.26 Å². The summed E-state index contributed by atoms with van der Waals surface area (Å²) in [5, 5.41) is 11.1. The van der Waals surface area contributed by atoms with E-state index in [4.69, 9.17) is 12.3 Å². The highest BCUT2D eigenvalue weighted by atomic mass is 14.8. The normalized spacial score (nSPS) is 9.33. The predicted molar refractivity (Wildman–Crippen MR) is 45.0 cm³/mol. The second-order valence-corrected chi connectivity index (χ2v) is 2.37. The maximum atomic E-state index is 8.53. The Bertz CT molecular complexity index is 288. The molecular weight excluding hydrogens is 150 g/mol. The van der Waals surface area contributed by atoms with Gasteiger partial charge in [-0.1, -0.05) is 0 Å². The maximum Gasteiger partial charge on any atom is 0.140 e. The molecule has 1 heterocycles. The molecule has 2 radical (unpaired) electrons. The van der Waals surface area contributed by atoms with Crippen LogP contribution in [0.4, 0.5) is 0 Å². The topological polar surface area (TPSA) is 48.7 Å². The Morgan fingerprint density at radius 3 is 3.17 bits per heavy atom. The lowest BCUT2D eigenvalue weighted by molar-refractivity contribution is 0.827. The number of nitriles is 1. The molecule has 12 heavy (non-hydrogen) atoms. The van der Waals surface area contributed by atoms with Gasteiger partial charge in [0, 0.05) is 13.2 Å². The molecule has 0 aliphatic rings. The third-order valence-electron chi connectivity index (χ3n) is 1.50. The number of hydrogen-bond donors (Lipinski definition) is 1. The minimum Gasteiger partial charge on any atom is -0.311 e. The van der Waals surface area contributed by atoms with Crippen LogP contribution < -0.4 is 5.32 Å². The molecule has 0 saturated carbocycles. The Morgan fingerprint density at radius 2 is 2.50 bits per heavy atom. The van der Waals surface area contributed by atoms with Crippen LogP contribution in [0, 0.1) is 18.4 Å². The van der Waals surface area contributed by atoms with Crippen LogP contribution in [0.2, 0.25) is 0 Å². The highest BCUT2D eigenvalue weighted by molar-refractivity contribution is 5.25. The van der Waals surface area contributed by atoms with E-state index in [1.807, 2.05) is 12.1 Å². The molecule has 1 rings (SSSR count). The van der Waals surface area contributed by atoms with Crippen molar-refractivity contribution in [2.24, 2.45) is 0 Å². The Morgan fingerprint density at radius 1 is 1.67 bits per heavy atom. The Kier molecular flexibility index (Phi) is 3.24. The van der Waals surface area contributed by atoms with Crippen LogP contribution in [0.3, 0.4) is 0 Å². The molecule has 0 bridgehead atoms. The Hall–Kier alpha value is -1.40. The molecule has 60 valence electrons. The van der Waals surface area contributed by atoms with Crippen LogP contribution in [-0.4, -0.2) is 11.5 Å². The van der Waals surface area contributed by atoms with Crippen LogP contribution in [0.15, 0.2) is 18.3 Å². The van der Waals surface area contributed by atoms with Crippen molar-refractivity contribution in [2.45, 2.75) is 6.42 Å². The van der Waals surface area contributed by atoms with Gasteiger partial charge >= 0.3 is 0 Å². The fourth-order valence-corrected chi connectivity index (χ4v) is 0.907. The van der Waals surface area contributed by atoms with Gasteiger partial charge in [-0.05, 0) is 30.7 Å². The molecule has 1 N–H and O–H groups in total. The predicted octanol–water partition coefficient (Wildman–Crippen LogP) is 0.754. The van der Waals surface area contributed by atoms with Crippen LogP contribution in [0.25, 0.3) is 0 Å². The molecule has 0 amide bonds. The summed E-state index contributed by atoms with van der Waals surface area (Å²) >= 11 is 0. The summed E-state index contributed by atoms with van der Waals surface area (Å²) < 4.78 is 0. The van der Waals surface area contributed by atoms with Gasteiger partial charge in [-0.15, -0.1) is 0 Å². The molecule has 0 aliphatic heterocycles. The van der Waals surface area contributed by atoms with Gasteiger partial charge in [0.2, 0.25) is 0 Å². The lowest BCUT2D eigenvalue weighted by Gasteiger charge is -1.98. The minimum atomic E-state index is 0.449. The molecule has 0 unspecified atom stereocenters. The molecule has 0 spiro atoms. The first-order chi connectivity index (χ1) is 5.86. The second-order valence-electron chi connectivity index (χ2n) is 2.37. The van der Waals surface area contributed by atoms with Crippen LogP contribution >= 0.6 is 0 Å². The van der Waals surface area contributed by atoms with Crippen molar-refractivity contribution in [3.8, 4) is 6.07 Å². The van der Waals surface area contributed by atoms with Crippen molar-refractivity contribution >= 4 is 0 Å². The third-order valence-corrected chi connectivity index (χ3v) is 1.50. The lowest BCUT2D eigenvalue weighted by Crippen LogP contribution is -2.07. The summed E-state index contributed by atoms with van der Waals surface area (Å²) in [5.74, 6) is 0. The fraction of sp³-hybridized carbons (Fsp3) is 0.222. The Labute approximate surface area is 72.1 Å². The van der Waals surface area contributed by atoms with E-state index >= 15 is 0 Å². The average molecular weight is 159 g/mol. The van der Waals surface area contributed by atoms with E-state index in [1.165, 1.54) is 0 Å². The van der Waals surface area contributed by atoms with E-state index in [0.717, 1.165) is 12.0 Å². The zero-order valence-electron chi connectivity index (χ0n) is 6.62. The van der Waals surface area contributed by atoms with Gasteiger partial charge in [-0.25, -0.2) is 4.98 Å². The summed E-state index contributed by atoms with van der Waals surface area (Å²) in [7, 11) is 5.12. The summed E-state index contributed by atoms with van der Waals surface area (Å²) in [6.45, 7) is 0.703. The SMILES string of the molecule is [CH]NCCc1ccnc(C#N)c1. The van der Waals surface area contributed by atoms with Crippen molar-refractivity contribution in [3.63, 3.8) is 0 Å². The number of nitrogens with one attached hydrogen (secondary N) is 1. The summed E-state index contributed by atoms with van der Waals surface area (Å²) in [6, 6.07) is 5.62. The number of aromatic nitrogens is 1. The van der Waals surface area contributed by atoms with E-state index in [-0.39, 0.29) is 0 Å². The lowest BCUT2D eigenvalue weighted by atomic mass is 10.2. The van der Waals surface area contributed by atoms with E-state index in [1.54, 1.807) is 12.3 Å². The molecule has 0 fully saturated rings. The van der Waals surface area contributed by atoms with Crippen molar-refractivity contribution < 1.29 is 0 Å². The fourth-order valence-electron chi connectivity index (χ4n) is 0.907. The highest BCUT2D eigenvalue weighted by Crippen LogP contribution is 2.00. The molecule has 3 heteroatoms.